The summed E-state index contributed by atoms with van der Waals surface area (Å²) >= 11 is 0. The summed E-state index contributed by atoms with van der Waals surface area (Å²) in [6, 6.07) is 12.1. The smallest absolute Gasteiger partial charge is 0.239 e. The van der Waals surface area contributed by atoms with Gasteiger partial charge in [0.1, 0.15) is 5.82 Å². The maximum atomic E-state index is 5.91. The molecule has 0 aliphatic carbocycles. The molecule has 0 atom stereocenters. The van der Waals surface area contributed by atoms with Crippen LogP contribution < -0.4 is 20.3 Å². The second-order valence-electron chi connectivity index (χ2n) is 5.06. The number of benzene rings is 1. The molecule has 2 aromatic rings. The molecule has 0 saturated heterocycles. The number of hydrogen-bond donors (Lipinski definition) is 1. The van der Waals surface area contributed by atoms with E-state index in [1.165, 1.54) is 5.69 Å². The summed E-state index contributed by atoms with van der Waals surface area (Å²) in [7, 11) is 2.11. The van der Waals surface area contributed by atoms with Crippen molar-refractivity contribution >= 4 is 22.9 Å². The van der Waals surface area contributed by atoms with Gasteiger partial charge in [0.2, 0.25) is 5.88 Å². The number of pyridine rings is 1. The lowest BCUT2D eigenvalue weighted by atomic mass is 10.1. The molecule has 2 N–H and O–H groups in total. The molecule has 0 amide bonds. The zero-order chi connectivity index (χ0) is 14.8. The molecule has 3 rings (SSSR count). The van der Waals surface area contributed by atoms with Crippen molar-refractivity contribution in [2.45, 2.75) is 6.92 Å². The largest absolute Gasteiger partial charge is 0.476 e. The highest BCUT2D eigenvalue weighted by atomic mass is 16.5. The maximum Gasteiger partial charge on any atom is 0.239 e. The number of nitrogens with two attached hydrogens (primary N) is 1. The van der Waals surface area contributed by atoms with Crippen LogP contribution in [0.15, 0.2) is 36.4 Å². The molecule has 2 heterocycles. The van der Waals surface area contributed by atoms with Crippen LogP contribution >= 0.6 is 0 Å². The summed E-state index contributed by atoms with van der Waals surface area (Å²) in [6.07, 6.45) is 0. The van der Waals surface area contributed by atoms with Crippen LogP contribution in [0.4, 0.5) is 22.9 Å². The van der Waals surface area contributed by atoms with E-state index in [1.807, 2.05) is 25.1 Å². The van der Waals surface area contributed by atoms with Crippen LogP contribution in [0.5, 0.6) is 5.88 Å². The van der Waals surface area contributed by atoms with Gasteiger partial charge >= 0.3 is 0 Å². The third-order valence-corrected chi connectivity index (χ3v) is 3.68. The zero-order valence-corrected chi connectivity index (χ0v) is 12.4. The van der Waals surface area contributed by atoms with Crippen LogP contribution in [0.1, 0.15) is 6.92 Å². The molecule has 21 heavy (non-hydrogen) atoms. The van der Waals surface area contributed by atoms with Crippen LogP contribution in [0.3, 0.4) is 0 Å². The Hall–Kier alpha value is -2.43. The Morgan fingerprint density at radius 1 is 1.14 bits per heavy atom. The van der Waals surface area contributed by atoms with Crippen LogP contribution in [-0.2, 0) is 0 Å². The fourth-order valence-electron chi connectivity index (χ4n) is 2.59. The van der Waals surface area contributed by atoms with Crippen LogP contribution in [0, 0.1) is 0 Å². The Morgan fingerprint density at radius 3 is 2.67 bits per heavy atom. The number of para-hydroxylation sites is 2. The van der Waals surface area contributed by atoms with E-state index in [0.717, 1.165) is 24.6 Å². The van der Waals surface area contributed by atoms with Crippen LogP contribution in [0.2, 0.25) is 0 Å². The fourth-order valence-corrected chi connectivity index (χ4v) is 2.59. The Kier molecular flexibility index (Phi) is 3.56. The van der Waals surface area contributed by atoms with Gasteiger partial charge in [-0.15, -0.1) is 0 Å². The minimum absolute atomic E-state index is 0.506. The van der Waals surface area contributed by atoms with E-state index in [4.69, 9.17) is 10.5 Å². The van der Waals surface area contributed by atoms with E-state index < -0.39 is 0 Å². The minimum Gasteiger partial charge on any atom is -0.476 e. The predicted octanol–water partition coefficient (Wildman–Crippen LogP) is 2.65. The third-order valence-electron chi connectivity index (χ3n) is 3.68. The Morgan fingerprint density at radius 2 is 1.90 bits per heavy atom. The number of ether oxygens (including phenoxy) is 1. The van der Waals surface area contributed by atoms with E-state index >= 15 is 0 Å². The lowest BCUT2D eigenvalue weighted by Crippen LogP contribution is -2.36. The van der Waals surface area contributed by atoms with Gasteiger partial charge in [-0.2, -0.15) is 4.98 Å². The van der Waals surface area contributed by atoms with E-state index in [9.17, 15) is 0 Å². The summed E-state index contributed by atoms with van der Waals surface area (Å²) in [5.41, 5.74) is 8.85. The van der Waals surface area contributed by atoms with Crippen molar-refractivity contribution in [2.24, 2.45) is 0 Å². The van der Waals surface area contributed by atoms with Gasteiger partial charge in [0.05, 0.1) is 23.7 Å². The highest BCUT2D eigenvalue weighted by Crippen LogP contribution is 2.37. The van der Waals surface area contributed by atoms with Crippen molar-refractivity contribution in [3.8, 4) is 5.88 Å². The number of aromatic nitrogens is 1. The van der Waals surface area contributed by atoms with Crippen molar-refractivity contribution < 1.29 is 4.74 Å². The van der Waals surface area contributed by atoms with E-state index in [-0.39, 0.29) is 0 Å². The maximum absolute atomic E-state index is 5.91. The first-order chi connectivity index (χ1) is 10.2. The van der Waals surface area contributed by atoms with Gasteiger partial charge in [-0.1, -0.05) is 12.1 Å². The van der Waals surface area contributed by atoms with Gasteiger partial charge in [0.25, 0.3) is 0 Å². The molecule has 1 aliphatic rings. The Bertz CT molecular complexity index is 644. The molecule has 0 unspecified atom stereocenters. The summed E-state index contributed by atoms with van der Waals surface area (Å²) in [5.74, 6) is 1.37. The van der Waals surface area contributed by atoms with Crippen molar-refractivity contribution in [1.82, 2.24) is 4.98 Å². The molecule has 0 saturated carbocycles. The molecule has 0 bridgehead atoms. The first-order valence-corrected chi connectivity index (χ1v) is 7.17. The fraction of sp³-hybridized carbons (Fsp3) is 0.312. The summed E-state index contributed by atoms with van der Waals surface area (Å²) in [6.45, 7) is 4.32. The van der Waals surface area contributed by atoms with Crippen LogP contribution in [-0.4, -0.2) is 31.7 Å². The van der Waals surface area contributed by atoms with Crippen molar-refractivity contribution in [3.05, 3.63) is 36.4 Å². The normalized spacial score (nSPS) is 14.0. The van der Waals surface area contributed by atoms with Crippen molar-refractivity contribution in [2.75, 3.05) is 42.3 Å². The molecule has 0 radical (unpaired) electrons. The van der Waals surface area contributed by atoms with Crippen molar-refractivity contribution in [3.63, 3.8) is 0 Å². The second kappa shape index (κ2) is 5.52. The summed E-state index contributed by atoms with van der Waals surface area (Å²) in [4.78, 5) is 9.03. The van der Waals surface area contributed by atoms with E-state index in [1.54, 1.807) is 0 Å². The molecule has 0 spiro atoms. The van der Waals surface area contributed by atoms with Gasteiger partial charge < -0.3 is 20.3 Å². The first-order valence-electron chi connectivity index (χ1n) is 7.17. The highest BCUT2D eigenvalue weighted by Gasteiger charge is 2.22. The number of rotatable bonds is 3. The molecular weight excluding hydrogens is 264 g/mol. The molecule has 1 aromatic heterocycles. The van der Waals surface area contributed by atoms with Gasteiger partial charge in [-0.3, -0.25) is 0 Å². The van der Waals surface area contributed by atoms with E-state index in [2.05, 4.69) is 40.0 Å². The second-order valence-corrected chi connectivity index (χ2v) is 5.06. The monoisotopic (exact) mass is 284 g/mol. The SMILES string of the molecule is CCOc1nc(N2CCN(C)c3ccccc32)ccc1N. The Labute approximate surface area is 125 Å². The average molecular weight is 284 g/mol. The third kappa shape index (κ3) is 2.46. The molecule has 5 nitrogen and oxygen atoms in total. The average Bonchev–Trinajstić information content (AvgIpc) is 2.51. The predicted molar refractivity (Wildman–Crippen MR) is 86.5 cm³/mol. The first kappa shape index (κ1) is 13.5. The molecular formula is C16H20N4O. The molecule has 1 aromatic carbocycles. The van der Waals surface area contributed by atoms with Crippen molar-refractivity contribution in [1.29, 1.82) is 0 Å². The zero-order valence-electron chi connectivity index (χ0n) is 12.4. The molecule has 1 aliphatic heterocycles. The number of fused-ring (bicyclic) bond motifs is 1. The number of nitrogen functional groups attached to an aromatic ring is 1. The highest BCUT2D eigenvalue weighted by molar-refractivity contribution is 5.78. The lowest BCUT2D eigenvalue weighted by molar-refractivity contribution is 0.329. The molecule has 110 valence electrons. The van der Waals surface area contributed by atoms with Gasteiger partial charge in [0, 0.05) is 20.1 Å². The number of hydrogen-bond acceptors (Lipinski definition) is 5. The minimum atomic E-state index is 0.506. The van der Waals surface area contributed by atoms with Gasteiger partial charge in [-0.05, 0) is 31.2 Å². The molecule has 5 heteroatoms. The standard InChI is InChI=1S/C16H20N4O/c1-3-21-16-12(17)8-9-15(18-16)20-11-10-19(2)13-6-4-5-7-14(13)20/h4-9H,3,10-11,17H2,1-2H3. The topological polar surface area (TPSA) is 54.6 Å². The van der Waals surface area contributed by atoms with Crippen LogP contribution in [0.25, 0.3) is 0 Å². The number of nitrogens with zero attached hydrogens (tertiary/aromatic N) is 3. The van der Waals surface area contributed by atoms with E-state index in [0.29, 0.717) is 18.2 Å². The summed E-state index contributed by atoms with van der Waals surface area (Å²) < 4.78 is 5.50. The number of likely N-dealkylation sites (N-methyl/N-ethyl adjacent to an activating group) is 1. The Balaban J connectivity index is 2.01. The van der Waals surface area contributed by atoms with Gasteiger partial charge in [0.15, 0.2) is 0 Å². The lowest BCUT2D eigenvalue weighted by Gasteiger charge is -2.36. The number of anilines is 4. The van der Waals surface area contributed by atoms with Gasteiger partial charge in [-0.25, -0.2) is 0 Å². The quantitative estimate of drug-likeness (QED) is 0.939. The summed E-state index contributed by atoms with van der Waals surface area (Å²) in [5, 5.41) is 0. The molecule has 0 fully saturated rings.